The van der Waals surface area contributed by atoms with Crippen LogP contribution in [0.15, 0.2) is 54.9 Å². The Morgan fingerprint density at radius 2 is 1.86 bits per heavy atom. The predicted molar refractivity (Wildman–Crippen MR) is 138 cm³/mol. The van der Waals surface area contributed by atoms with Crippen LogP contribution in [0.5, 0.6) is 0 Å². The van der Waals surface area contributed by atoms with Crippen molar-refractivity contribution in [3.8, 4) is 22.4 Å². The number of amides is 1. The van der Waals surface area contributed by atoms with Crippen LogP contribution in [0.1, 0.15) is 41.7 Å². The Kier molecular flexibility index (Phi) is 6.47. The van der Waals surface area contributed by atoms with Gasteiger partial charge in [-0.25, -0.2) is 4.98 Å². The number of anilines is 1. The Balaban J connectivity index is 1.47. The Labute approximate surface area is 209 Å². The van der Waals surface area contributed by atoms with E-state index in [1.54, 1.807) is 12.4 Å². The van der Waals surface area contributed by atoms with Crippen molar-refractivity contribution < 1.29 is 9.59 Å². The number of nitrogens with zero attached hydrogens (tertiary/aromatic N) is 5. The van der Waals surface area contributed by atoms with Crippen LogP contribution in [-0.4, -0.2) is 56.3 Å². The highest BCUT2D eigenvalue weighted by Crippen LogP contribution is 2.34. The number of nitrogens with two attached hydrogens (primary N) is 2. The maximum absolute atomic E-state index is 12.5. The van der Waals surface area contributed by atoms with E-state index in [0.717, 1.165) is 28.7 Å². The van der Waals surface area contributed by atoms with E-state index in [2.05, 4.69) is 10.1 Å². The maximum Gasteiger partial charge on any atom is 0.226 e. The summed E-state index contributed by atoms with van der Waals surface area (Å²) in [7, 11) is 0. The molecule has 0 radical (unpaired) electrons. The normalized spacial score (nSPS) is 15.2. The van der Waals surface area contributed by atoms with E-state index < -0.39 is 0 Å². The van der Waals surface area contributed by atoms with Crippen molar-refractivity contribution in [3.05, 3.63) is 66.1 Å². The maximum atomic E-state index is 12.5. The van der Waals surface area contributed by atoms with Crippen molar-refractivity contribution in [2.45, 2.75) is 25.7 Å². The monoisotopic (exact) mass is 483 g/mol. The summed E-state index contributed by atoms with van der Waals surface area (Å²) in [6, 6.07) is 13.9. The first-order valence-electron chi connectivity index (χ1n) is 12.1. The summed E-state index contributed by atoms with van der Waals surface area (Å²) in [5, 5.41) is 4.41. The largest absolute Gasteiger partial charge is 0.383 e. The molecule has 1 aliphatic heterocycles. The van der Waals surface area contributed by atoms with Gasteiger partial charge in [-0.1, -0.05) is 43.3 Å². The van der Waals surface area contributed by atoms with E-state index in [-0.39, 0.29) is 23.6 Å². The van der Waals surface area contributed by atoms with Crippen molar-refractivity contribution >= 4 is 23.7 Å². The van der Waals surface area contributed by atoms with Gasteiger partial charge in [-0.2, -0.15) is 9.61 Å². The standard InChI is InChI=1S/C27H29N7O2/c1-17(13-28)27(36)33-11-9-19(10-12-33)24-22(16-35)25(29)34-26(32-24)21(15-31-34)20-7-8-23(30-14-20)18-5-3-2-4-6-18/h2-8,14-17,19H,9-13,28-29H2,1H3. The Morgan fingerprint density at radius 1 is 1.11 bits per heavy atom. The first-order valence-corrected chi connectivity index (χ1v) is 12.1. The van der Waals surface area contributed by atoms with E-state index in [1.165, 1.54) is 4.52 Å². The molecular weight excluding hydrogens is 454 g/mol. The zero-order valence-corrected chi connectivity index (χ0v) is 20.2. The van der Waals surface area contributed by atoms with Crippen LogP contribution in [0.3, 0.4) is 0 Å². The molecule has 0 saturated carbocycles. The predicted octanol–water partition coefficient (Wildman–Crippen LogP) is 3.15. The third-order valence-corrected chi connectivity index (χ3v) is 6.98. The molecule has 0 aliphatic carbocycles. The van der Waals surface area contributed by atoms with Gasteiger partial charge in [0, 0.05) is 54.4 Å². The summed E-state index contributed by atoms with van der Waals surface area (Å²) < 4.78 is 1.51. The molecule has 5 rings (SSSR count). The Morgan fingerprint density at radius 3 is 2.50 bits per heavy atom. The number of rotatable bonds is 6. The molecule has 4 aromatic rings. The second-order valence-electron chi connectivity index (χ2n) is 9.24. The molecule has 9 heteroatoms. The third kappa shape index (κ3) is 4.22. The summed E-state index contributed by atoms with van der Waals surface area (Å²) in [4.78, 5) is 36.0. The molecule has 1 fully saturated rings. The van der Waals surface area contributed by atoms with Crippen LogP contribution in [0.25, 0.3) is 28.0 Å². The number of benzene rings is 1. The number of fused-ring (bicyclic) bond motifs is 1. The highest BCUT2D eigenvalue weighted by atomic mass is 16.2. The average Bonchev–Trinajstić information content (AvgIpc) is 3.37. The van der Waals surface area contributed by atoms with Gasteiger partial charge in [0.25, 0.3) is 0 Å². The number of likely N-dealkylation sites (tertiary alicyclic amines) is 1. The van der Waals surface area contributed by atoms with Crippen molar-refractivity contribution in [3.63, 3.8) is 0 Å². The molecule has 1 aromatic carbocycles. The van der Waals surface area contributed by atoms with Gasteiger partial charge in [0.15, 0.2) is 11.9 Å². The fourth-order valence-electron chi connectivity index (χ4n) is 4.80. The number of nitrogen functional groups attached to an aromatic ring is 1. The lowest BCUT2D eigenvalue weighted by Crippen LogP contribution is -2.42. The van der Waals surface area contributed by atoms with Crippen LogP contribution >= 0.6 is 0 Å². The minimum atomic E-state index is -0.201. The number of aromatic nitrogens is 4. The summed E-state index contributed by atoms with van der Waals surface area (Å²) in [6.07, 6.45) is 5.65. The van der Waals surface area contributed by atoms with Gasteiger partial charge in [-0.05, 0) is 18.9 Å². The summed E-state index contributed by atoms with van der Waals surface area (Å²) in [6.45, 7) is 3.36. The average molecular weight is 484 g/mol. The van der Waals surface area contributed by atoms with Gasteiger partial charge >= 0.3 is 0 Å². The number of hydrogen-bond acceptors (Lipinski definition) is 7. The molecule has 36 heavy (non-hydrogen) atoms. The van der Waals surface area contributed by atoms with Gasteiger partial charge in [0.1, 0.15) is 5.82 Å². The molecular formula is C27H29N7O2. The number of pyridine rings is 1. The Bertz CT molecular complexity index is 1390. The topological polar surface area (TPSA) is 132 Å². The van der Waals surface area contributed by atoms with Crippen molar-refractivity contribution in [1.29, 1.82) is 0 Å². The third-order valence-electron chi connectivity index (χ3n) is 6.98. The van der Waals surface area contributed by atoms with Crippen LogP contribution in [0.2, 0.25) is 0 Å². The van der Waals surface area contributed by atoms with Crippen LogP contribution in [0.4, 0.5) is 5.82 Å². The molecule has 4 heterocycles. The zero-order valence-electron chi connectivity index (χ0n) is 20.2. The molecule has 1 amide bonds. The van der Waals surface area contributed by atoms with E-state index >= 15 is 0 Å². The molecule has 3 aromatic heterocycles. The molecule has 0 bridgehead atoms. The lowest BCUT2D eigenvalue weighted by molar-refractivity contribution is -0.135. The SMILES string of the molecule is CC(CN)C(=O)N1CCC(c2nc3c(-c4ccc(-c5ccccc5)nc4)cnn3c(N)c2C=O)CC1. The molecule has 1 saturated heterocycles. The van der Waals surface area contributed by atoms with Gasteiger partial charge in [0.2, 0.25) is 5.91 Å². The molecule has 184 valence electrons. The smallest absolute Gasteiger partial charge is 0.226 e. The molecule has 4 N–H and O–H groups in total. The fraction of sp³-hybridized carbons (Fsp3) is 0.296. The van der Waals surface area contributed by atoms with Gasteiger partial charge in [0.05, 0.1) is 23.1 Å². The lowest BCUT2D eigenvalue weighted by atomic mass is 9.90. The summed E-state index contributed by atoms with van der Waals surface area (Å²) in [5.74, 6) is 0.142. The molecule has 1 aliphatic rings. The minimum Gasteiger partial charge on any atom is -0.383 e. The second-order valence-corrected chi connectivity index (χ2v) is 9.24. The number of piperidine rings is 1. The highest BCUT2D eigenvalue weighted by molar-refractivity contribution is 5.87. The van der Waals surface area contributed by atoms with Crippen LogP contribution in [0, 0.1) is 5.92 Å². The van der Waals surface area contributed by atoms with E-state index in [9.17, 15) is 9.59 Å². The summed E-state index contributed by atoms with van der Waals surface area (Å²) in [5.41, 5.74) is 17.2. The van der Waals surface area contributed by atoms with Gasteiger partial charge < -0.3 is 16.4 Å². The van der Waals surface area contributed by atoms with Crippen LogP contribution in [-0.2, 0) is 4.79 Å². The Hall–Kier alpha value is -4.11. The lowest BCUT2D eigenvalue weighted by Gasteiger charge is -2.33. The zero-order chi connectivity index (χ0) is 25.2. The highest BCUT2D eigenvalue weighted by Gasteiger charge is 2.30. The minimum absolute atomic E-state index is 0.0102. The quantitative estimate of drug-likeness (QED) is 0.403. The molecule has 0 spiro atoms. The second kappa shape index (κ2) is 9.87. The fourth-order valence-corrected chi connectivity index (χ4v) is 4.80. The van der Waals surface area contributed by atoms with Crippen molar-refractivity contribution in [2.75, 3.05) is 25.4 Å². The van der Waals surface area contributed by atoms with E-state index in [1.807, 2.05) is 54.3 Å². The first-order chi connectivity index (χ1) is 17.5. The van der Waals surface area contributed by atoms with Crippen molar-refractivity contribution in [1.82, 2.24) is 24.5 Å². The molecule has 1 atom stereocenters. The molecule has 1 unspecified atom stereocenters. The van der Waals surface area contributed by atoms with Gasteiger partial charge in [-0.15, -0.1) is 0 Å². The van der Waals surface area contributed by atoms with Gasteiger partial charge in [-0.3, -0.25) is 14.6 Å². The van der Waals surface area contributed by atoms with Crippen LogP contribution < -0.4 is 11.5 Å². The van der Waals surface area contributed by atoms with Crippen molar-refractivity contribution in [2.24, 2.45) is 11.7 Å². The number of carbonyl (C=O) groups excluding carboxylic acids is 2. The first kappa shape index (κ1) is 23.6. The number of carbonyl (C=O) groups is 2. The number of hydrogen-bond donors (Lipinski definition) is 2. The number of aldehydes is 1. The summed E-state index contributed by atoms with van der Waals surface area (Å²) >= 11 is 0. The van der Waals surface area contributed by atoms with E-state index in [4.69, 9.17) is 16.5 Å². The van der Waals surface area contributed by atoms with E-state index in [0.29, 0.717) is 49.4 Å². The molecule has 9 nitrogen and oxygen atoms in total.